The predicted molar refractivity (Wildman–Crippen MR) is 263 cm³/mol. The molecule has 2 bridgehead atoms. The molecule has 4 aliphatic rings. The average molecular weight is 913 g/mol. The number of aliphatic hydroxyl groups excluding tert-OH is 1. The Morgan fingerprint density at radius 2 is 1.53 bits per heavy atom. The number of carbonyl (C=O) groups excluding carboxylic acids is 2. The van der Waals surface area contributed by atoms with Gasteiger partial charge < -0.3 is 28.5 Å². The van der Waals surface area contributed by atoms with Crippen molar-refractivity contribution < 1.29 is 38.1 Å². The zero-order valence-electron chi connectivity index (χ0n) is 39.2. The fourth-order valence-corrected chi connectivity index (χ4v) is 10.5. The van der Waals surface area contributed by atoms with E-state index in [0.717, 1.165) is 29.5 Å². The van der Waals surface area contributed by atoms with Gasteiger partial charge in [-0.2, -0.15) is 0 Å². The van der Waals surface area contributed by atoms with Crippen molar-refractivity contribution in [1.82, 2.24) is 0 Å². The van der Waals surface area contributed by atoms with Crippen molar-refractivity contribution in [2.75, 3.05) is 20.3 Å². The first kappa shape index (κ1) is 46.6. The van der Waals surface area contributed by atoms with Crippen molar-refractivity contribution in [2.24, 2.45) is 5.92 Å². The van der Waals surface area contributed by atoms with E-state index in [-0.39, 0.29) is 36.4 Å². The maximum atomic E-state index is 15.1. The van der Waals surface area contributed by atoms with Crippen LogP contribution in [0, 0.1) is 5.92 Å². The number of ether oxygens (including phenoxy) is 4. The van der Waals surface area contributed by atoms with E-state index in [4.69, 9.17) is 23.4 Å². The second-order valence-corrected chi connectivity index (χ2v) is 19.0. The van der Waals surface area contributed by atoms with E-state index in [1.54, 1.807) is 20.1 Å². The van der Waals surface area contributed by atoms with Crippen LogP contribution in [0.4, 0.5) is 0 Å². The van der Waals surface area contributed by atoms with E-state index < -0.39 is 35.4 Å². The topological polar surface area (TPSA) is 122 Å². The van der Waals surface area contributed by atoms with Crippen molar-refractivity contribution in [2.45, 2.75) is 101 Å². The molecule has 3 aliphatic heterocycles. The normalized spacial score (nSPS) is 23.4. The van der Waals surface area contributed by atoms with E-state index in [1.165, 1.54) is 16.7 Å². The molecule has 350 valence electrons. The number of aryl methyl sites for hydroxylation is 2. The summed E-state index contributed by atoms with van der Waals surface area (Å²) in [4.78, 5) is 43.5. The predicted octanol–water partition coefficient (Wildman–Crippen LogP) is 11.0. The Balaban J connectivity index is 1.14. The molecule has 6 atom stereocenters. The minimum absolute atomic E-state index is 0.0561. The SMILES string of the molecule is COCCc1cc2ccc3c(c2oc1=O)C1OC(=O)CC2CC(c4cccc(Cc5ccccc5)c4)C=CC2c2ccc(cc2)CCC(=C(C)CO)C(=O)OC1C(C)(CCCc1ccccc1)O3. The molecule has 1 N–H and O–H groups in total. The smallest absolute Gasteiger partial charge is 0.339 e. The summed E-state index contributed by atoms with van der Waals surface area (Å²) >= 11 is 0. The van der Waals surface area contributed by atoms with Gasteiger partial charge in [-0.25, -0.2) is 9.59 Å². The molecule has 0 saturated carbocycles. The molecule has 5 aromatic carbocycles. The molecule has 0 amide bonds. The van der Waals surface area contributed by atoms with Crippen LogP contribution >= 0.6 is 0 Å². The van der Waals surface area contributed by atoms with E-state index in [0.29, 0.717) is 78.5 Å². The number of benzene rings is 5. The number of allylic oxidation sites excluding steroid dienone is 2. The number of rotatable bonds is 11. The van der Waals surface area contributed by atoms with E-state index in [2.05, 4.69) is 97.1 Å². The van der Waals surface area contributed by atoms with Gasteiger partial charge in [0.15, 0.2) is 12.2 Å². The molecule has 9 heteroatoms. The zero-order chi connectivity index (χ0) is 47.2. The van der Waals surface area contributed by atoms with E-state index >= 15 is 4.79 Å². The minimum atomic E-state index is -1.22. The summed E-state index contributed by atoms with van der Waals surface area (Å²) in [6.07, 6.45) is 6.73. The van der Waals surface area contributed by atoms with Crippen LogP contribution in [0.1, 0.15) is 108 Å². The monoisotopic (exact) mass is 912 g/mol. The maximum Gasteiger partial charge on any atom is 0.339 e. The molecule has 6 unspecified atom stereocenters. The Hall–Kier alpha value is -6.55. The van der Waals surface area contributed by atoms with Crippen LogP contribution in [0.25, 0.3) is 11.0 Å². The number of aliphatic hydroxyl groups is 1. The maximum absolute atomic E-state index is 15.1. The lowest BCUT2D eigenvalue weighted by Gasteiger charge is -2.45. The van der Waals surface area contributed by atoms with E-state index in [1.807, 2.05) is 43.3 Å². The molecule has 68 heavy (non-hydrogen) atoms. The lowest BCUT2D eigenvalue weighted by Crippen LogP contribution is -2.54. The highest BCUT2D eigenvalue weighted by Crippen LogP contribution is 2.50. The quantitative estimate of drug-likeness (QED) is 0.0586. The van der Waals surface area contributed by atoms with Crippen molar-refractivity contribution in [3.05, 3.63) is 206 Å². The fraction of sp³-hybridized carbons (Fsp3) is 0.339. The standard InChI is InChI=1S/C59H60O9/c1-38(37-60)49-26-21-40-19-22-43(23-20-40)50-27-24-45(44-18-10-16-42(33-44)32-41-14-8-5-9-15-41)34-48(50)36-52(61)65-55-53-51(28-25-46-35-47(29-31-64-3)57(62)66-54(46)53)68-59(2,56(55)67-58(49)63)30-11-17-39-12-6-4-7-13-39/h4-10,12-16,18-20,22-25,27-28,33,35,45,48,50,55-56,60H,11,17,21,26,29-32,34,36-37H2,1-3H3. The Labute approximate surface area is 398 Å². The van der Waals surface area contributed by atoms with Gasteiger partial charge in [0, 0.05) is 48.3 Å². The average Bonchev–Trinajstić information content (AvgIpc) is 3.35. The van der Waals surface area contributed by atoms with Crippen LogP contribution in [0.2, 0.25) is 0 Å². The van der Waals surface area contributed by atoms with Crippen LogP contribution < -0.4 is 10.4 Å². The largest absolute Gasteiger partial charge is 0.483 e. The van der Waals surface area contributed by atoms with E-state index in [9.17, 15) is 14.7 Å². The van der Waals surface area contributed by atoms with Crippen molar-refractivity contribution >= 4 is 22.9 Å². The number of hydrogen-bond acceptors (Lipinski definition) is 9. The first-order chi connectivity index (χ1) is 33.1. The first-order valence-corrected chi connectivity index (χ1v) is 24.0. The van der Waals surface area contributed by atoms with Crippen molar-refractivity contribution in [3.8, 4) is 5.75 Å². The minimum Gasteiger partial charge on any atom is -0.483 e. The van der Waals surface area contributed by atoms with Gasteiger partial charge in [-0.05, 0) is 122 Å². The Morgan fingerprint density at radius 1 is 0.779 bits per heavy atom. The molecule has 0 spiro atoms. The third-order valence-electron chi connectivity index (χ3n) is 14.2. The van der Waals surface area contributed by atoms with Gasteiger partial charge in [0.2, 0.25) is 0 Å². The van der Waals surface area contributed by atoms with Gasteiger partial charge in [0.05, 0.1) is 18.8 Å². The van der Waals surface area contributed by atoms with Crippen LogP contribution in [0.5, 0.6) is 5.75 Å². The number of fused-ring (bicyclic) bond motifs is 11. The van der Waals surface area contributed by atoms with Gasteiger partial charge >= 0.3 is 17.6 Å². The number of methoxy groups -OCH3 is 1. The third kappa shape index (κ3) is 10.3. The highest BCUT2D eigenvalue weighted by molar-refractivity contribution is 5.90. The molecule has 4 heterocycles. The molecular formula is C59H60O9. The number of esters is 2. The summed E-state index contributed by atoms with van der Waals surface area (Å²) in [5.74, 6) is -0.903. The van der Waals surface area contributed by atoms with Gasteiger partial charge in [0.25, 0.3) is 0 Å². The molecule has 6 aromatic rings. The van der Waals surface area contributed by atoms with Gasteiger partial charge in [-0.3, -0.25) is 4.79 Å². The Bertz CT molecular complexity index is 2860. The Morgan fingerprint density at radius 3 is 2.28 bits per heavy atom. The molecule has 0 radical (unpaired) electrons. The van der Waals surface area contributed by atoms with Crippen molar-refractivity contribution in [3.63, 3.8) is 0 Å². The molecular weight excluding hydrogens is 853 g/mol. The molecule has 9 nitrogen and oxygen atoms in total. The second-order valence-electron chi connectivity index (χ2n) is 19.0. The number of carbonyl (C=O) groups is 2. The van der Waals surface area contributed by atoms with Crippen LogP contribution in [0.3, 0.4) is 0 Å². The van der Waals surface area contributed by atoms with Gasteiger partial charge in [0.1, 0.15) is 16.9 Å². The summed E-state index contributed by atoms with van der Waals surface area (Å²) < 4.78 is 31.9. The molecule has 1 aliphatic carbocycles. The second kappa shape index (κ2) is 20.8. The molecule has 1 aromatic heterocycles. The molecule has 0 fully saturated rings. The molecule has 0 saturated heterocycles. The zero-order valence-corrected chi connectivity index (χ0v) is 39.2. The number of hydrogen-bond donors (Lipinski definition) is 1. The summed E-state index contributed by atoms with van der Waals surface area (Å²) in [5, 5.41) is 11.0. The lowest BCUT2D eigenvalue weighted by molar-refractivity contribution is -0.192. The summed E-state index contributed by atoms with van der Waals surface area (Å²) in [7, 11) is 1.58. The highest BCUT2D eigenvalue weighted by atomic mass is 16.6. The summed E-state index contributed by atoms with van der Waals surface area (Å²) in [6.45, 7) is 3.62. The summed E-state index contributed by atoms with van der Waals surface area (Å²) in [5.41, 5.74) is 6.97. The third-order valence-corrected chi connectivity index (χ3v) is 14.2. The van der Waals surface area contributed by atoms with Crippen molar-refractivity contribution in [1.29, 1.82) is 0 Å². The Kier molecular flexibility index (Phi) is 14.2. The highest BCUT2D eigenvalue weighted by Gasteiger charge is 2.53. The fourth-order valence-electron chi connectivity index (χ4n) is 10.5. The molecule has 10 rings (SSSR count). The van der Waals surface area contributed by atoms with Crippen LogP contribution in [-0.2, 0) is 49.5 Å². The van der Waals surface area contributed by atoms with Gasteiger partial charge in [-0.1, -0.05) is 121 Å². The lowest BCUT2D eigenvalue weighted by atomic mass is 9.72. The summed E-state index contributed by atoms with van der Waals surface area (Å²) in [6, 6.07) is 43.2. The van der Waals surface area contributed by atoms with Gasteiger partial charge in [-0.15, -0.1) is 0 Å². The first-order valence-electron chi connectivity index (χ1n) is 24.0. The van der Waals surface area contributed by atoms with Crippen LogP contribution in [-0.4, -0.2) is 49.1 Å². The van der Waals surface area contributed by atoms with Crippen LogP contribution in [0.15, 0.2) is 160 Å².